The molecule has 4 heterocycles. The van der Waals surface area contributed by atoms with Gasteiger partial charge in [-0.05, 0) is 47.5 Å². The molecule has 0 fully saturated rings. The summed E-state index contributed by atoms with van der Waals surface area (Å²) in [5, 5.41) is 7.12. The van der Waals surface area contributed by atoms with Gasteiger partial charge in [0.2, 0.25) is 0 Å². The average molecular weight is 443 g/mol. The largest absolute Gasteiger partial charge is 0.490 e. The molecule has 0 aliphatic carbocycles. The average Bonchev–Trinajstić information content (AvgIpc) is 3.22. The van der Waals surface area contributed by atoms with E-state index < -0.39 is 12.1 Å². The van der Waals surface area contributed by atoms with Crippen LogP contribution in [0.1, 0.15) is 0 Å². The summed E-state index contributed by atoms with van der Waals surface area (Å²) in [6.07, 6.45) is 2.43. The van der Waals surface area contributed by atoms with Crippen LogP contribution >= 0.6 is 0 Å². The minimum atomic E-state index is -5.08. The third kappa shape index (κ3) is 4.48. The molecule has 1 aliphatic rings. The van der Waals surface area contributed by atoms with Crippen molar-refractivity contribution >= 4 is 11.6 Å². The number of nitrogens with zero attached hydrogens (tertiary/aromatic N) is 3. The summed E-state index contributed by atoms with van der Waals surface area (Å²) in [6, 6.07) is 14.2. The van der Waals surface area contributed by atoms with Crippen molar-refractivity contribution in [2.45, 2.75) is 6.18 Å². The van der Waals surface area contributed by atoms with Crippen LogP contribution in [0.2, 0.25) is 0 Å². The second-order valence-corrected chi connectivity index (χ2v) is 6.68. The van der Waals surface area contributed by atoms with Crippen molar-refractivity contribution in [1.82, 2.24) is 14.4 Å². The molecule has 3 aromatic heterocycles. The highest BCUT2D eigenvalue weighted by Crippen LogP contribution is 2.35. The molecule has 1 N–H and O–H groups in total. The molecule has 164 valence electrons. The highest BCUT2D eigenvalue weighted by Gasteiger charge is 2.38. The predicted molar refractivity (Wildman–Crippen MR) is 109 cm³/mol. The summed E-state index contributed by atoms with van der Waals surface area (Å²) in [7, 11) is 0. The van der Waals surface area contributed by atoms with Crippen molar-refractivity contribution in [3.05, 3.63) is 67.3 Å². The third-order valence-corrected chi connectivity index (χ3v) is 4.61. The van der Waals surface area contributed by atoms with Gasteiger partial charge >= 0.3 is 12.1 Å². The van der Waals surface area contributed by atoms with E-state index in [-0.39, 0.29) is 0 Å². The standard InChI is InChI=1S/C20H15N3O2.C2HF3O2/c1-2-18-19(25-10-9-24-18)11-15(1)16-5-8-23-17(13-22-20(23)12-16)14-3-6-21-7-4-14;3-2(4,5)1(6)7/h1-8,11-13H,9-10H2;(H,6,7). The molecule has 7 nitrogen and oxygen atoms in total. The maximum atomic E-state index is 10.6. The fraction of sp³-hybridized carbons (Fsp3) is 0.136. The first-order valence-electron chi connectivity index (χ1n) is 9.40. The first-order valence-corrected chi connectivity index (χ1v) is 9.40. The molecule has 0 unspecified atom stereocenters. The zero-order valence-corrected chi connectivity index (χ0v) is 16.4. The van der Waals surface area contributed by atoms with E-state index in [2.05, 4.69) is 26.5 Å². The van der Waals surface area contributed by atoms with E-state index in [1.54, 1.807) is 12.4 Å². The zero-order valence-electron chi connectivity index (χ0n) is 16.4. The van der Waals surface area contributed by atoms with Gasteiger partial charge in [0.1, 0.15) is 18.9 Å². The van der Waals surface area contributed by atoms with E-state index in [1.165, 1.54) is 0 Å². The normalized spacial score (nSPS) is 12.7. The Bertz CT molecular complexity index is 1260. The van der Waals surface area contributed by atoms with Crippen molar-refractivity contribution in [3.8, 4) is 33.9 Å². The van der Waals surface area contributed by atoms with Gasteiger partial charge in [-0.1, -0.05) is 6.07 Å². The van der Waals surface area contributed by atoms with E-state index in [4.69, 9.17) is 19.4 Å². The van der Waals surface area contributed by atoms with Crippen LogP contribution in [0.5, 0.6) is 11.5 Å². The maximum Gasteiger partial charge on any atom is 0.490 e. The number of carboxylic acid groups (broad SMARTS) is 1. The molecule has 5 rings (SSSR count). The minimum Gasteiger partial charge on any atom is -0.486 e. The highest BCUT2D eigenvalue weighted by atomic mass is 19.4. The fourth-order valence-corrected chi connectivity index (χ4v) is 3.12. The number of carbonyl (C=O) groups is 1. The quantitative estimate of drug-likeness (QED) is 0.492. The van der Waals surface area contributed by atoms with Gasteiger partial charge in [0, 0.05) is 24.2 Å². The number of alkyl halides is 3. The monoisotopic (exact) mass is 443 g/mol. The lowest BCUT2D eigenvalue weighted by molar-refractivity contribution is -0.192. The first-order chi connectivity index (χ1) is 15.3. The van der Waals surface area contributed by atoms with Crippen LogP contribution < -0.4 is 9.47 Å². The second kappa shape index (κ2) is 8.58. The Balaban J connectivity index is 0.000000307. The lowest BCUT2D eigenvalue weighted by atomic mass is 10.1. The molecule has 0 amide bonds. The number of pyridine rings is 2. The zero-order chi connectivity index (χ0) is 22.7. The van der Waals surface area contributed by atoms with E-state index in [0.29, 0.717) is 13.2 Å². The molecule has 1 aliphatic heterocycles. The van der Waals surface area contributed by atoms with Crippen LogP contribution in [0.25, 0.3) is 28.0 Å². The molecule has 32 heavy (non-hydrogen) atoms. The Kier molecular flexibility index (Phi) is 5.67. The molecule has 10 heteroatoms. The summed E-state index contributed by atoms with van der Waals surface area (Å²) in [5.74, 6) is -1.16. The van der Waals surface area contributed by atoms with E-state index in [1.807, 2.05) is 42.7 Å². The minimum absolute atomic E-state index is 0.588. The van der Waals surface area contributed by atoms with Crippen LogP contribution in [-0.4, -0.2) is 44.8 Å². The number of ether oxygens (including phenoxy) is 2. The molecule has 0 saturated heterocycles. The van der Waals surface area contributed by atoms with Crippen LogP contribution in [0.4, 0.5) is 13.2 Å². The SMILES string of the molecule is O=C(O)C(F)(F)F.c1cc(-c2cnc3cc(-c4ccc5c(c4)OCCO5)ccn23)ccn1. The predicted octanol–water partition coefficient (Wildman–Crippen LogP) is 4.47. The molecule has 1 aromatic carbocycles. The van der Waals surface area contributed by atoms with Crippen LogP contribution in [0.15, 0.2) is 67.3 Å². The number of hydrogen-bond acceptors (Lipinski definition) is 5. The van der Waals surface area contributed by atoms with Crippen molar-refractivity contribution in [2.75, 3.05) is 13.2 Å². The van der Waals surface area contributed by atoms with Gasteiger partial charge in [-0.15, -0.1) is 0 Å². The summed E-state index contributed by atoms with van der Waals surface area (Å²) in [4.78, 5) is 17.5. The van der Waals surface area contributed by atoms with E-state index >= 15 is 0 Å². The molecule has 4 aromatic rings. The second-order valence-electron chi connectivity index (χ2n) is 6.68. The number of imidazole rings is 1. The van der Waals surface area contributed by atoms with Gasteiger partial charge in [0.05, 0.1) is 11.9 Å². The molecule has 0 atom stereocenters. The molecule has 0 bridgehead atoms. The van der Waals surface area contributed by atoms with Crippen molar-refractivity contribution < 1.29 is 32.5 Å². The van der Waals surface area contributed by atoms with E-state index in [9.17, 15) is 13.2 Å². The fourth-order valence-electron chi connectivity index (χ4n) is 3.12. The topological polar surface area (TPSA) is 86.0 Å². The maximum absolute atomic E-state index is 10.6. The summed E-state index contributed by atoms with van der Waals surface area (Å²) in [6.45, 7) is 1.19. The molecule has 0 radical (unpaired) electrons. The lowest BCUT2D eigenvalue weighted by Crippen LogP contribution is -2.21. The van der Waals surface area contributed by atoms with Gasteiger partial charge in [0.15, 0.2) is 11.5 Å². The Morgan fingerprint density at radius 3 is 2.28 bits per heavy atom. The molecule has 0 saturated carbocycles. The van der Waals surface area contributed by atoms with Crippen LogP contribution in [-0.2, 0) is 4.79 Å². The van der Waals surface area contributed by atoms with Crippen LogP contribution in [0, 0.1) is 0 Å². The van der Waals surface area contributed by atoms with Gasteiger partial charge in [-0.25, -0.2) is 9.78 Å². The molecular weight excluding hydrogens is 427 g/mol. The number of halogens is 3. The summed E-state index contributed by atoms with van der Waals surface area (Å²) in [5.41, 5.74) is 5.22. The Hall–Kier alpha value is -4.08. The van der Waals surface area contributed by atoms with Gasteiger partial charge in [0.25, 0.3) is 0 Å². The third-order valence-electron chi connectivity index (χ3n) is 4.61. The van der Waals surface area contributed by atoms with Gasteiger partial charge < -0.3 is 14.6 Å². The lowest BCUT2D eigenvalue weighted by Gasteiger charge is -2.19. The number of aromatic nitrogens is 3. The van der Waals surface area contributed by atoms with Crippen molar-refractivity contribution in [1.29, 1.82) is 0 Å². The van der Waals surface area contributed by atoms with Crippen molar-refractivity contribution in [3.63, 3.8) is 0 Å². The van der Waals surface area contributed by atoms with Crippen molar-refractivity contribution in [2.24, 2.45) is 0 Å². The summed E-state index contributed by atoms with van der Waals surface area (Å²) < 4.78 is 45.1. The number of fused-ring (bicyclic) bond motifs is 2. The number of benzene rings is 1. The Morgan fingerprint density at radius 1 is 0.938 bits per heavy atom. The number of rotatable bonds is 2. The Labute approximate surface area is 179 Å². The van der Waals surface area contributed by atoms with Gasteiger partial charge in [-0.3, -0.25) is 9.38 Å². The number of hydrogen-bond donors (Lipinski definition) is 1. The van der Waals surface area contributed by atoms with Gasteiger partial charge in [-0.2, -0.15) is 13.2 Å². The Morgan fingerprint density at radius 2 is 1.59 bits per heavy atom. The number of carboxylic acids is 1. The molecular formula is C22H16F3N3O4. The van der Waals surface area contributed by atoms with Crippen LogP contribution in [0.3, 0.4) is 0 Å². The highest BCUT2D eigenvalue weighted by molar-refractivity contribution is 5.73. The molecule has 0 spiro atoms. The first kappa shape index (κ1) is 21.2. The van der Waals surface area contributed by atoms with E-state index in [0.717, 1.165) is 39.5 Å². The smallest absolute Gasteiger partial charge is 0.486 e. The number of aliphatic carboxylic acids is 1. The summed E-state index contributed by atoms with van der Waals surface area (Å²) >= 11 is 0.